The molecule has 0 saturated carbocycles. The number of amides is 3. The minimum absolute atomic E-state index is 0. The maximum absolute atomic E-state index is 12.1. The lowest BCUT2D eigenvalue weighted by molar-refractivity contribution is -0.0168. The molecule has 0 unspecified atom stereocenters. The molecule has 0 spiro atoms. The topological polar surface area (TPSA) is 164 Å². The van der Waals surface area contributed by atoms with Crippen LogP contribution in [0.2, 0.25) is 0 Å². The molecule has 312 valence electrons. The van der Waals surface area contributed by atoms with Crippen LogP contribution in [-0.2, 0) is 28.5 Å². The van der Waals surface area contributed by atoms with Crippen molar-refractivity contribution < 1.29 is 46.3 Å². The number of nitrogens with zero attached hydrogens (tertiary/aromatic N) is 3. The van der Waals surface area contributed by atoms with E-state index < -0.39 is 27.4 Å². The first-order valence-corrected chi connectivity index (χ1v) is 20.0. The van der Waals surface area contributed by atoms with Gasteiger partial charge in [-0.2, -0.15) is 8.42 Å². The average Bonchev–Trinajstić information content (AvgIpc) is 2.92. The van der Waals surface area contributed by atoms with Crippen molar-refractivity contribution >= 4 is 40.8 Å². The second-order valence-corrected chi connectivity index (χ2v) is 18.5. The second kappa shape index (κ2) is 20.9. The molecule has 5 rings (SSSR count). The molecular weight excluding hydrogens is 740 g/mol. The van der Waals surface area contributed by atoms with Crippen LogP contribution in [0.15, 0.2) is 29.2 Å². The van der Waals surface area contributed by atoms with E-state index in [1.165, 1.54) is 30.0 Å². The number of ether oxygens (including phenoxy) is 3. The molecule has 2 N–H and O–H groups in total. The molecule has 3 amide bonds. The van der Waals surface area contributed by atoms with Gasteiger partial charge in [0.05, 0.1) is 30.2 Å². The van der Waals surface area contributed by atoms with Gasteiger partial charge < -0.3 is 39.3 Å². The van der Waals surface area contributed by atoms with Gasteiger partial charge in [0.15, 0.2) is 0 Å². The third-order valence-corrected chi connectivity index (χ3v) is 9.79. The van der Waals surface area contributed by atoms with Crippen LogP contribution >= 0.6 is 12.4 Å². The van der Waals surface area contributed by atoms with Crippen molar-refractivity contribution in [3.8, 4) is 0 Å². The van der Waals surface area contributed by atoms with Crippen LogP contribution in [0.1, 0.15) is 107 Å². The summed E-state index contributed by atoms with van der Waals surface area (Å²) in [6, 6.07) is 7.32. The standard InChI is InChI=1S/C16H23NO5S.C9H17NO3.C9H17NO2.C4H9N.ClH/c1-12-5-7-14(8-6-12)23(19,20)21-11-13-9-10-17(13)15(18)22-16(2,3)4;1-9(2,3)13-8(12)10-5-4-7(10)6-11;1-7-5-6-10(7)8(11)12-9(2,3)4;1-4-2-3-5-4;/h5-8,13H,9-11H2,1-4H3;7,11H,4-6H2,1-3H3;7H,5-6H2,1-4H3;4-5H,2-3H2,1H3;1H/t13-;2*7-;4-;/m1100./s1. The highest BCUT2D eigenvalue weighted by molar-refractivity contribution is 7.86. The largest absolute Gasteiger partial charge is 0.444 e. The normalized spacial score (nSPS) is 21.8. The zero-order valence-electron chi connectivity index (χ0n) is 34.5. The number of halogens is 1. The van der Waals surface area contributed by atoms with Gasteiger partial charge in [0, 0.05) is 31.7 Å². The van der Waals surface area contributed by atoms with E-state index in [0.29, 0.717) is 25.6 Å². The predicted octanol–water partition coefficient (Wildman–Crippen LogP) is 6.50. The van der Waals surface area contributed by atoms with Gasteiger partial charge in [0.2, 0.25) is 0 Å². The van der Waals surface area contributed by atoms with Crippen LogP contribution in [0.3, 0.4) is 0 Å². The first-order valence-electron chi connectivity index (χ1n) is 18.6. The van der Waals surface area contributed by atoms with Crippen molar-refractivity contribution in [2.24, 2.45) is 0 Å². The molecule has 4 saturated heterocycles. The summed E-state index contributed by atoms with van der Waals surface area (Å²) >= 11 is 0. The van der Waals surface area contributed by atoms with Gasteiger partial charge in [-0.05, 0) is 127 Å². The highest BCUT2D eigenvalue weighted by Crippen LogP contribution is 2.24. The van der Waals surface area contributed by atoms with Gasteiger partial charge in [-0.25, -0.2) is 14.4 Å². The van der Waals surface area contributed by atoms with Crippen molar-refractivity contribution in [1.82, 2.24) is 20.0 Å². The Morgan fingerprint density at radius 1 is 0.722 bits per heavy atom. The number of carbonyl (C=O) groups is 3. The fourth-order valence-electron chi connectivity index (χ4n) is 4.85. The van der Waals surface area contributed by atoms with E-state index in [9.17, 15) is 22.8 Å². The molecule has 0 aliphatic carbocycles. The molecule has 4 atom stereocenters. The number of aryl methyl sites for hydroxylation is 1. The fourth-order valence-corrected chi connectivity index (χ4v) is 5.79. The molecule has 4 fully saturated rings. The van der Waals surface area contributed by atoms with E-state index in [4.69, 9.17) is 23.5 Å². The number of benzene rings is 1. The van der Waals surface area contributed by atoms with Crippen molar-refractivity contribution in [2.75, 3.05) is 39.4 Å². The van der Waals surface area contributed by atoms with Gasteiger partial charge >= 0.3 is 18.3 Å². The number of hydrogen-bond donors (Lipinski definition) is 2. The minimum Gasteiger partial charge on any atom is -0.444 e. The number of rotatable bonds is 5. The number of hydrogen-bond acceptors (Lipinski definition) is 11. The summed E-state index contributed by atoms with van der Waals surface area (Å²) in [6.07, 6.45) is 3.10. The molecule has 4 aliphatic rings. The lowest BCUT2D eigenvalue weighted by Gasteiger charge is -2.40. The van der Waals surface area contributed by atoms with Crippen LogP contribution in [0.25, 0.3) is 0 Å². The zero-order valence-corrected chi connectivity index (χ0v) is 36.1. The van der Waals surface area contributed by atoms with Crippen LogP contribution in [0, 0.1) is 6.92 Å². The molecule has 16 heteroatoms. The monoisotopic (exact) mass is 806 g/mol. The summed E-state index contributed by atoms with van der Waals surface area (Å²) in [5.41, 5.74) is -0.426. The molecule has 0 radical (unpaired) electrons. The van der Waals surface area contributed by atoms with Gasteiger partial charge in [-0.15, -0.1) is 12.4 Å². The van der Waals surface area contributed by atoms with Gasteiger partial charge in [0.1, 0.15) is 16.8 Å². The maximum atomic E-state index is 12.1. The molecule has 14 nitrogen and oxygen atoms in total. The second-order valence-electron chi connectivity index (χ2n) is 16.9. The van der Waals surface area contributed by atoms with Gasteiger partial charge in [0.25, 0.3) is 10.1 Å². The lowest BCUT2D eigenvalue weighted by atomic mass is 10.1. The maximum Gasteiger partial charge on any atom is 0.410 e. The smallest absolute Gasteiger partial charge is 0.410 e. The molecule has 0 bridgehead atoms. The summed E-state index contributed by atoms with van der Waals surface area (Å²) in [5, 5.41) is 12.1. The molecular formula is C38H67ClN4O10S. The third-order valence-electron chi connectivity index (χ3n) is 8.50. The summed E-state index contributed by atoms with van der Waals surface area (Å²) in [6.45, 7) is 25.9. The zero-order chi connectivity index (χ0) is 40.4. The van der Waals surface area contributed by atoms with Crippen LogP contribution in [0.4, 0.5) is 14.4 Å². The highest BCUT2D eigenvalue weighted by atomic mass is 35.5. The Kier molecular flexibility index (Phi) is 19.0. The fraction of sp³-hybridized carbons (Fsp3) is 0.763. The predicted molar refractivity (Wildman–Crippen MR) is 210 cm³/mol. The minimum atomic E-state index is -3.81. The Balaban J connectivity index is 0.000000399. The van der Waals surface area contributed by atoms with Crippen molar-refractivity contribution in [2.45, 2.75) is 155 Å². The van der Waals surface area contributed by atoms with E-state index in [0.717, 1.165) is 31.0 Å². The highest BCUT2D eigenvalue weighted by Gasteiger charge is 2.37. The number of nitrogens with one attached hydrogen (secondary N) is 1. The Labute approximate surface area is 330 Å². The van der Waals surface area contributed by atoms with Crippen LogP contribution in [-0.4, -0.2) is 127 Å². The molecule has 1 aromatic carbocycles. The van der Waals surface area contributed by atoms with Crippen LogP contribution in [0.5, 0.6) is 0 Å². The first kappa shape index (κ1) is 49.2. The Bertz CT molecular complexity index is 1440. The number of aliphatic hydroxyl groups is 1. The Morgan fingerprint density at radius 2 is 1.11 bits per heavy atom. The van der Waals surface area contributed by atoms with Crippen LogP contribution < -0.4 is 5.32 Å². The molecule has 54 heavy (non-hydrogen) atoms. The lowest BCUT2D eigenvalue weighted by Crippen LogP contribution is -2.54. The van der Waals surface area contributed by atoms with E-state index in [1.807, 2.05) is 55.4 Å². The summed E-state index contributed by atoms with van der Waals surface area (Å²) < 4.78 is 45.0. The van der Waals surface area contributed by atoms with E-state index in [-0.39, 0.29) is 60.4 Å². The van der Waals surface area contributed by atoms with E-state index >= 15 is 0 Å². The molecule has 4 aliphatic heterocycles. The van der Waals surface area contributed by atoms with E-state index in [2.05, 4.69) is 12.2 Å². The number of aliphatic hydroxyl groups excluding tert-OH is 1. The summed E-state index contributed by atoms with van der Waals surface area (Å²) in [7, 11) is -3.81. The first-order chi connectivity index (χ1) is 24.3. The SMILES string of the molecule is CC(C)(C)OC(=O)N1CC[C@@H]1CO.C[C@H]1CCN1.C[C@H]1CCN1C(=O)OC(C)(C)C.Cc1ccc(S(=O)(=O)OC[C@H]2CCN2C(=O)OC(C)(C)C)cc1.Cl. The quantitative estimate of drug-likeness (QED) is 0.247. The summed E-state index contributed by atoms with van der Waals surface area (Å²) in [5.74, 6) is 0. The number of carbonyl (C=O) groups excluding carboxylic acids is 3. The van der Waals surface area contributed by atoms with Gasteiger partial charge in [-0.1, -0.05) is 17.7 Å². The third kappa shape index (κ3) is 17.3. The molecule has 4 heterocycles. The van der Waals surface area contributed by atoms with Crippen molar-refractivity contribution in [3.63, 3.8) is 0 Å². The van der Waals surface area contributed by atoms with E-state index in [1.54, 1.807) is 42.7 Å². The molecule has 1 aromatic rings. The Hall–Kier alpha value is -2.85. The van der Waals surface area contributed by atoms with Crippen molar-refractivity contribution in [1.29, 1.82) is 0 Å². The molecule has 0 aromatic heterocycles. The number of likely N-dealkylation sites (tertiary alicyclic amines) is 3. The summed E-state index contributed by atoms with van der Waals surface area (Å²) in [4.78, 5) is 39.7. The Morgan fingerprint density at radius 3 is 1.39 bits per heavy atom. The van der Waals surface area contributed by atoms with Gasteiger partial charge in [-0.3, -0.25) is 4.18 Å². The van der Waals surface area contributed by atoms with Crippen molar-refractivity contribution in [3.05, 3.63) is 29.8 Å². The average molecular weight is 807 g/mol.